The van der Waals surface area contributed by atoms with Crippen LogP contribution in [0.5, 0.6) is 0 Å². The van der Waals surface area contributed by atoms with E-state index < -0.39 is 5.97 Å². The quantitative estimate of drug-likeness (QED) is 0.614. The molecule has 0 saturated carbocycles. The summed E-state index contributed by atoms with van der Waals surface area (Å²) in [6, 6.07) is 13.1. The molecule has 0 aliphatic heterocycles. The summed E-state index contributed by atoms with van der Waals surface area (Å²) < 4.78 is 0. The van der Waals surface area contributed by atoms with Crippen molar-refractivity contribution in [3.05, 3.63) is 58.1 Å². The van der Waals surface area contributed by atoms with Gasteiger partial charge in [-0.1, -0.05) is 59.2 Å². The summed E-state index contributed by atoms with van der Waals surface area (Å²) in [6.07, 6.45) is 0.364. The van der Waals surface area contributed by atoms with Crippen LogP contribution in [0.4, 0.5) is 11.4 Å². The zero-order valence-corrected chi connectivity index (χ0v) is 18.4. The first-order valence-electron chi connectivity index (χ1n) is 8.49. The fraction of sp³-hybridized carbons (Fsp3) is 0.300. The molecule has 152 valence electrons. The zero-order valence-electron chi connectivity index (χ0n) is 16.0. The number of nitrogens with zero attached hydrogens (tertiary/aromatic N) is 1. The number of benzene rings is 2. The number of aliphatic carboxylic acids is 1. The molecule has 28 heavy (non-hydrogen) atoms. The Balaban J connectivity index is 0.000000892. The fourth-order valence-electron chi connectivity index (χ4n) is 2.10. The molecule has 0 bridgehead atoms. The van der Waals surface area contributed by atoms with Gasteiger partial charge in [0.15, 0.2) is 5.12 Å². The van der Waals surface area contributed by atoms with Crippen molar-refractivity contribution in [1.29, 1.82) is 0 Å². The molecule has 0 amide bonds. The molecule has 0 heterocycles. The van der Waals surface area contributed by atoms with Crippen LogP contribution in [-0.4, -0.2) is 47.5 Å². The van der Waals surface area contributed by atoms with Gasteiger partial charge in [0.2, 0.25) is 0 Å². The molecule has 5 nitrogen and oxygen atoms in total. The lowest BCUT2D eigenvalue weighted by Crippen LogP contribution is -2.16. The second-order valence-electron chi connectivity index (χ2n) is 6.10. The van der Waals surface area contributed by atoms with Crippen LogP contribution >= 0.6 is 35.0 Å². The van der Waals surface area contributed by atoms with Crippen LogP contribution in [0, 0.1) is 0 Å². The molecule has 0 aliphatic rings. The molecule has 0 atom stereocenters. The van der Waals surface area contributed by atoms with Gasteiger partial charge in [-0.2, -0.15) is 0 Å². The van der Waals surface area contributed by atoms with Gasteiger partial charge in [-0.15, -0.1) is 0 Å². The summed E-state index contributed by atoms with van der Waals surface area (Å²) in [5, 5.41) is 11.9. The van der Waals surface area contributed by atoms with E-state index in [0.717, 1.165) is 30.5 Å². The van der Waals surface area contributed by atoms with Crippen molar-refractivity contribution < 1.29 is 14.7 Å². The second-order valence-corrected chi connectivity index (χ2v) is 8.07. The van der Waals surface area contributed by atoms with E-state index in [4.69, 9.17) is 33.1 Å². The monoisotopic (exact) mass is 442 g/mol. The van der Waals surface area contributed by atoms with Gasteiger partial charge < -0.3 is 15.3 Å². The van der Waals surface area contributed by atoms with Crippen LogP contribution in [0.15, 0.2) is 42.5 Å². The first-order chi connectivity index (χ1) is 13.2. The third-order valence-corrected chi connectivity index (χ3v) is 4.86. The smallest absolute Gasteiger partial charge is 0.300 e. The van der Waals surface area contributed by atoms with Gasteiger partial charge >= 0.3 is 0 Å². The Morgan fingerprint density at radius 1 is 1.07 bits per heavy atom. The van der Waals surface area contributed by atoms with Gasteiger partial charge in [-0.3, -0.25) is 9.59 Å². The second kappa shape index (κ2) is 12.7. The Kier molecular flexibility index (Phi) is 11.0. The number of carboxylic acids is 1. The number of halogens is 2. The minimum Gasteiger partial charge on any atom is -0.481 e. The number of anilines is 2. The van der Waals surface area contributed by atoms with E-state index in [-0.39, 0.29) is 5.12 Å². The van der Waals surface area contributed by atoms with Crippen LogP contribution in [0.25, 0.3) is 0 Å². The number of carbonyl (C=O) groups is 2. The van der Waals surface area contributed by atoms with Crippen molar-refractivity contribution in [3.8, 4) is 0 Å². The fourth-order valence-corrected chi connectivity index (χ4v) is 3.53. The Labute approximate surface area is 180 Å². The maximum absolute atomic E-state index is 12.2. The minimum atomic E-state index is -0.833. The molecule has 2 aromatic rings. The van der Waals surface area contributed by atoms with E-state index in [1.54, 1.807) is 18.2 Å². The molecule has 0 aromatic heterocycles. The van der Waals surface area contributed by atoms with Crippen LogP contribution in [-0.2, 0) is 16.0 Å². The molecule has 0 fully saturated rings. The van der Waals surface area contributed by atoms with E-state index in [2.05, 4.69) is 10.2 Å². The van der Waals surface area contributed by atoms with Crippen LogP contribution in [0.1, 0.15) is 12.5 Å². The maximum atomic E-state index is 12.2. The lowest BCUT2D eigenvalue weighted by Gasteiger charge is -2.14. The number of nitrogens with one attached hydrogen (secondary N) is 1. The molecule has 0 unspecified atom stereocenters. The molecule has 8 heteroatoms. The number of hydrogen-bond acceptors (Lipinski definition) is 5. The Morgan fingerprint density at radius 2 is 1.64 bits per heavy atom. The van der Waals surface area contributed by atoms with E-state index in [1.165, 1.54) is 11.8 Å². The van der Waals surface area contributed by atoms with Gasteiger partial charge in [0.25, 0.3) is 5.97 Å². The van der Waals surface area contributed by atoms with Crippen LogP contribution in [0.2, 0.25) is 10.0 Å². The zero-order chi connectivity index (χ0) is 21.1. The number of thioether (sulfide) groups is 1. The predicted octanol–water partition coefficient (Wildman–Crippen LogP) is 5.19. The normalized spacial score (nSPS) is 10.2. The van der Waals surface area contributed by atoms with Gasteiger partial charge in [-0.05, 0) is 37.9 Å². The number of carboxylic acid groups (broad SMARTS) is 1. The summed E-state index contributed by atoms with van der Waals surface area (Å²) in [4.78, 5) is 23.3. The summed E-state index contributed by atoms with van der Waals surface area (Å²) >= 11 is 13.8. The highest BCUT2D eigenvalue weighted by Gasteiger charge is 2.11. The molecule has 0 aliphatic carbocycles. The first kappa shape index (κ1) is 24.3. The number of hydrogen-bond donors (Lipinski definition) is 2. The molecule has 0 radical (unpaired) electrons. The predicted molar refractivity (Wildman–Crippen MR) is 119 cm³/mol. The van der Waals surface area contributed by atoms with Crippen molar-refractivity contribution in [2.24, 2.45) is 0 Å². The highest BCUT2D eigenvalue weighted by atomic mass is 35.5. The Hall–Kier alpha value is -1.73. The van der Waals surface area contributed by atoms with E-state index >= 15 is 0 Å². The van der Waals surface area contributed by atoms with Crippen molar-refractivity contribution in [1.82, 2.24) is 4.90 Å². The molecule has 0 saturated heterocycles. The van der Waals surface area contributed by atoms with E-state index in [0.29, 0.717) is 22.2 Å². The summed E-state index contributed by atoms with van der Waals surface area (Å²) in [6.45, 7) is 1.96. The van der Waals surface area contributed by atoms with Gasteiger partial charge in [0, 0.05) is 31.3 Å². The lowest BCUT2D eigenvalue weighted by molar-refractivity contribution is -0.134. The van der Waals surface area contributed by atoms with Gasteiger partial charge in [0.05, 0.1) is 15.7 Å². The topological polar surface area (TPSA) is 69.6 Å². The third-order valence-electron chi connectivity index (χ3n) is 3.38. The summed E-state index contributed by atoms with van der Waals surface area (Å²) in [5.41, 5.74) is 2.42. The van der Waals surface area contributed by atoms with Crippen molar-refractivity contribution >= 4 is 57.4 Å². The van der Waals surface area contributed by atoms with Crippen molar-refractivity contribution in [3.63, 3.8) is 0 Å². The number of rotatable bonds is 7. The third kappa shape index (κ3) is 9.46. The highest BCUT2D eigenvalue weighted by Crippen LogP contribution is 2.33. The van der Waals surface area contributed by atoms with Crippen molar-refractivity contribution in [2.75, 3.05) is 31.7 Å². The average Bonchev–Trinajstić information content (AvgIpc) is 2.59. The van der Waals surface area contributed by atoms with Crippen LogP contribution in [0.3, 0.4) is 0 Å². The average molecular weight is 443 g/mol. The number of carbonyl (C=O) groups excluding carboxylic acids is 1. The molecule has 0 spiro atoms. The van der Waals surface area contributed by atoms with Crippen molar-refractivity contribution in [2.45, 2.75) is 13.3 Å². The largest absolute Gasteiger partial charge is 0.481 e. The Morgan fingerprint density at radius 3 is 2.21 bits per heavy atom. The van der Waals surface area contributed by atoms with E-state index in [9.17, 15) is 4.79 Å². The molecule has 2 aromatic carbocycles. The van der Waals surface area contributed by atoms with Crippen LogP contribution < -0.4 is 5.32 Å². The molecule has 2 rings (SSSR count). The summed E-state index contributed by atoms with van der Waals surface area (Å²) in [5.74, 6) is -0.0439. The molecular weight excluding hydrogens is 419 g/mol. The SMILES string of the molecule is CC(=O)O.CN(C)CCSC(=O)Cc1ccccc1Nc1c(Cl)cccc1Cl. The Bertz CT molecular complexity index is 777. The highest BCUT2D eigenvalue weighted by molar-refractivity contribution is 8.13. The number of para-hydroxylation sites is 2. The lowest BCUT2D eigenvalue weighted by atomic mass is 10.1. The first-order valence-corrected chi connectivity index (χ1v) is 10.2. The minimum absolute atomic E-state index is 0.149. The van der Waals surface area contributed by atoms with Gasteiger partial charge in [0.1, 0.15) is 0 Å². The maximum Gasteiger partial charge on any atom is 0.300 e. The van der Waals surface area contributed by atoms with E-state index in [1.807, 2.05) is 38.4 Å². The molecule has 2 N–H and O–H groups in total. The standard InChI is InChI=1S/C18H20Cl2N2OS.C2H4O2/c1-22(2)10-11-24-17(23)12-13-6-3-4-9-16(13)21-18-14(19)7-5-8-15(18)20;1-2(3)4/h3-9,21H,10-12H2,1-2H3;1H3,(H,3,4). The molecular formula is C20H24Cl2N2O3S. The van der Waals surface area contributed by atoms with Gasteiger partial charge in [-0.25, -0.2) is 0 Å². The summed E-state index contributed by atoms with van der Waals surface area (Å²) in [7, 11) is 4.00.